The van der Waals surface area contributed by atoms with Crippen molar-refractivity contribution in [1.82, 2.24) is 4.90 Å². The molecule has 5 heteroatoms. The van der Waals surface area contributed by atoms with Crippen molar-refractivity contribution in [2.45, 2.75) is 6.42 Å². The Hall–Kier alpha value is -3.34. The third-order valence-corrected chi connectivity index (χ3v) is 4.76. The number of hydrogen-bond acceptors (Lipinski definition) is 3. The summed E-state index contributed by atoms with van der Waals surface area (Å²) in [6, 6.07) is 19.1. The summed E-state index contributed by atoms with van der Waals surface area (Å²) in [4.78, 5) is 26.6. The first-order valence-electron chi connectivity index (χ1n) is 8.90. The number of ether oxygens (including phenoxy) is 1. The molecule has 0 saturated carbocycles. The average molecular weight is 360 g/mol. The van der Waals surface area contributed by atoms with E-state index in [1.54, 1.807) is 30.1 Å². The number of rotatable bonds is 3. The molecule has 5 nitrogen and oxygen atoms in total. The fraction of sp³-hybridized carbons (Fsp3) is 0.182. The van der Waals surface area contributed by atoms with Gasteiger partial charge in [-0.2, -0.15) is 0 Å². The van der Waals surface area contributed by atoms with E-state index >= 15 is 0 Å². The van der Waals surface area contributed by atoms with Crippen LogP contribution in [0.25, 0.3) is 10.8 Å². The van der Waals surface area contributed by atoms with Crippen molar-refractivity contribution >= 4 is 28.3 Å². The molecule has 0 unspecified atom stereocenters. The van der Waals surface area contributed by atoms with Gasteiger partial charge in [-0.15, -0.1) is 0 Å². The van der Waals surface area contributed by atoms with Crippen molar-refractivity contribution in [1.29, 1.82) is 0 Å². The van der Waals surface area contributed by atoms with E-state index in [0.29, 0.717) is 30.2 Å². The van der Waals surface area contributed by atoms with Gasteiger partial charge in [0.15, 0.2) is 0 Å². The molecule has 0 fully saturated rings. The average Bonchev–Trinajstić information content (AvgIpc) is 2.81. The molecule has 1 aliphatic heterocycles. The molecule has 3 aromatic rings. The molecular formula is C22H20N2O3. The third kappa shape index (κ3) is 3.49. The van der Waals surface area contributed by atoms with E-state index in [1.165, 1.54) is 0 Å². The van der Waals surface area contributed by atoms with Crippen LogP contribution in [-0.2, 0) is 11.2 Å². The Bertz CT molecular complexity index is 1020. The van der Waals surface area contributed by atoms with E-state index in [2.05, 4.69) is 5.32 Å². The Balaban J connectivity index is 1.55. The minimum atomic E-state index is -0.123. The lowest BCUT2D eigenvalue weighted by atomic mass is 10.0. The Morgan fingerprint density at radius 2 is 1.93 bits per heavy atom. The number of fused-ring (bicyclic) bond motifs is 2. The molecule has 27 heavy (non-hydrogen) atoms. The van der Waals surface area contributed by atoms with Gasteiger partial charge in [0, 0.05) is 12.7 Å². The molecule has 1 aliphatic rings. The van der Waals surface area contributed by atoms with Crippen LogP contribution in [0, 0.1) is 0 Å². The molecule has 4 rings (SSSR count). The topological polar surface area (TPSA) is 58.6 Å². The molecule has 136 valence electrons. The van der Waals surface area contributed by atoms with Gasteiger partial charge in [-0.1, -0.05) is 42.5 Å². The predicted molar refractivity (Wildman–Crippen MR) is 105 cm³/mol. The van der Waals surface area contributed by atoms with Crippen LogP contribution < -0.4 is 10.1 Å². The summed E-state index contributed by atoms with van der Waals surface area (Å²) >= 11 is 0. The van der Waals surface area contributed by atoms with Crippen molar-refractivity contribution in [3.05, 3.63) is 71.8 Å². The lowest BCUT2D eigenvalue weighted by molar-refractivity contribution is -0.115. The van der Waals surface area contributed by atoms with E-state index in [-0.39, 0.29) is 18.2 Å². The molecule has 3 aromatic carbocycles. The largest absolute Gasteiger partial charge is 0.491 e. The monoisotopic (exact) mass is 360 g/mol. The van der Waals surface area contributed by atoms with Gasteiger partial charge in [-0.25, -0.2) is 0 Å². The first kappa shape index (κ1) is 17.1. The molecule has 0 atom stereocenters. The fourth-order valence-electron chi connectivity index (χ4n) is 3.33. The lowest BCUT2D eigenvalue weighted by Crippen LogP contribution is -2.27. The van der Waals surface area contributed by atoms with Gasteiger partial charge < -0.3 is 15.0 Å². The van der Waals surface area contributed by atoms with Gasteiger partial charge >= 0.3 is 0 Å². The van der Waals surface area contributed by atoms with Crippen LogP contribution in [0.1, 0.15) is 15.9 Å². The predicted octanol–water partition coefficient (Wildman–Crippen LogP) is 3.49. The summed E-state index contributed by atoms with van der Waals surface area (Å²) in [6.45, 7) is 0.998. The van der Waals surface area contributed by atoms with Gasteiger partial charge in [0.2, 0.25) is 5.91 Å². The summed E-state index contributed by atoms with van der Waals surface area (Å²) in [7, 11) is 1.74. The number of anilines is 1. The second-order valence-corrected chi connectivity index (χ2v) is 6.65. The Kier molecular flexibility index (Phi) is 4.50. The van der Waals surface area contributed by atoms with E-state index in [4.69, 9.17) is 4.74 Å². The number of nitrogens with zero attached hydrogens (tertiary/aromatic N) is 1. The van der Waals surface area contributed by atoms with Crippen molar-refractivity contribution < 1.29 is 14.3 Å². The highest BCUT2D eigenvalue weighted by atomic mass is 16.5. The highest BCUT2D eigenvalue weighted by Gasteiger charge is 2.21. The van der Waals surface area contributed by atoms with Crippen LogP contribution in [0.15, 0.2) is 60.7 Å². The minimum absolute atomic E-state index is 0.104. The molecule has 0 radical (unpaired) electrons. The number of likely N-dealkylation sites (N-methyl/N-ethyl adjacent to an activating group) is 1. The summed E-state index contributed by atoms with van der Waals surface area (Å²) < 4.78 is 5.62. The summed E-state index contributed by atoms with van der Waals surface area (Å²) in [6.07, 6.45) is 0.267. The number of amides is 2. The number of benzene rings is 3. The molecular weight excluding hydrogens is 340 g/mol. The zero-order valence-corrected chi connectivity index (χ0v) is 15.1. The van der Waals surface area contributed by atoms with Crippen LogP contribution in [0.5, 0.6) is 5.75 Å². The third-order valence-electron chi connectivity index (χ3n) is 4.76. The fourth-order valence-corrected chi connectivity index (χ4v) is 3.33. The van der Waals surface area contributed by atoms with E-state index in [1.807, 2.05) is 42.5 Å². The smallest absolute Gasteiger partial charge is 0.257 e. The minimum Gasteiger partial charge on any atom is -0.491 e. The zero-order chi connectivity index (χ0) is 18.8. The number of carbonyl (C=O) groups is 2. The van der Waals surface area contributed by atoms with Crippen LogP contribution in [0.2, 0.25) is 0 Å². The van der Waals surface area contributed by atoms with Crippen molar-refractivity contribution in [2.24, 2.45) is 0 Å². The van der Waals surface area contributed by atoms with Crippen molar-refractivity contribution in [2.75, 3.05) is 25.5 Å². The van der Waals surface area contributed by atoms with Crippen LogP contribution in [0.3, 0.4) is 0 Å². The molecule has 0 bridgehead atoms. The van der Waals surface area contributed by atoms with Crippen LogP contribution in [-0.4, -0.2) is 36.9 Å². The van der Waals surface area contributed by atoms with Gasteiger partial charge in [0.25, 0.3) is 5.91 Å². The molecule has 0 saturated heterocycles. The Labute approximate surface area is 157 Å². The molecule has 1 N–H and O–H groups in total. The maximum atomic E-state index is 12.6. The zero-order valence-electron chi connectivity index (χ0n) is 15.1. The molecule has 1 heterocycles. The molecule has 2 amide bonds. The van der Waals surface area contributed by atoms with E-state index in [0.717, 1.165) is 16.3 Å². The number of carbonyl (C=O) groups excluding carboxylic acids is 2. The molecule has 0 spiro atoms. The SMILES string of the molecule is CN1CCOc2ccc(NC(=O)Cc3cccc4ccccc34)cc2C1=O. The standard InChI is InChI=1S/C22H20N2O3/c1-24-11-12-27-20-10-9-17(14-19(20)22(24)26)23-21(25)13-16-7-4-6-15-5-2-3-8-18(15)16/h2-10,14H,11-13H2,1H3,(H,23,25). The van der Waals surface area contributed by atoms with Gasteiger partial charge in [-0.3, -0.25) is 9.59 Å². The van der Waals surface area contributed by atoms with Crippen LogP contribution in [0.4, 0.5) is 5.69 Å². The first-order valence-corrected chi connectivity index (χ1v) is 8.90. The number of hydrogen-bond donors (Lipinski definition) is 1. The van der Waals surface area contributed by atoms with Gasteiger partial charge in [-0.05, 0) is 34.5 Å². The van der Waals surface area contributed by atoms with Gasteiger partial charge in [0.05, 0.1) is 18.5 Å². The quantitative estimate of drug-likeness (QED) is 0.778. The van der Waals surface area contributed by atoms with E-state index in [9.17, 15) is 9.59 Å². The second kappa shape index (κ2) is 7.11. The van der Waals surface area contributed by atoms with E-state index < -0.39 is 0 Å². The molecule has 0 aromatic heterocycles. The maximum Gasteiger partial charge on any atom is 0.257 e. The lowest BCUT2D eigenvalue weighted by Gasteiger charge is -2.13. The van der Waals surface area contributed by atoms with Crippen molar-refractivity contribution in [3.8, 4) is 5.75 Å². The normalized spacial score (nSPS) is 13.7. The summed E-state index contributed by atoms with van der Waals surface area (Å²) in [5.41, 5.74) is 2.03. The molecule has 0 aliphatic carbocycles. The van der Waals surface area contributed by atoms with Crippen LogP contribution >= 0.6 is 0 Å². The second-order valence-electron chi connectivity index (χ2n) is 6.65. The Morgan fingerprint density at radius 1 is 1.11 bits per heavy atom. The number of nitrogens with one attached hydrogen (secondary N) is 1. The first-order chi connectivity index (χ1) is 13.1. The highest BCUT2D eigenvalue weighted by Crippen LogP contribution is 2.26. The highest BCUT2D eigenvalue weighted by molar-refractivity contribution is 6.00. The summed E-state index contributed by atoms with van der Waals surface area (Å²) in [5, 5.41) is 5.08. The Morgan fingerprint density at radius 3 is 2.81 bits per heavy atom. The van der Waals surface area contributed by atoms with Gasteiger partial charge in [0.1, 0.15) is 12.4 Å². The van der Waals surface area contributed by atoms with Crippen molar-refractivity contribution in [3.63, 3.8) is 0 Å². The summed E-state index contributed by atoms with van der Waals surface area (Å²) in [5.74, 6) is 0.325. The maximum absolute atomic E-state index is 12.6.